The molecule has 0 saturated heterocycles. The Kier molecular flexibility index (Phi) is 3.30. The molecule has 0 unspecified atom stereocenters. The van der Waals surface area contributed by atoms with E-state index in [4.69, 9.17) is 17.3 Å². The van der Waals surface area contributed by atoms with Crippen molar-refractivity contribution < 1.29 is 9.90 Å². The Hall–Kier alpha value is -1.94. The predicted molar refractivity (Wildman–Crippen MR) is 73.4 cm³/mol. The van der Waals surface area contributed by atoms with Gasteiger partial charge in [-0.15, -0.1) is 0 Å². The molecule has 0 aliphatic rings. The quantitative estimate of drug-likeness (QED) is 0.840. The molecule has 2 rings (SSSR count). The summed E-state index contributed by atoms with van der Waals surface area (Å²) in [4.78, 5) is 11.2. The standard InChI is InChI=1S/C14H13NO2S/c1-9-13(14(16)17)12(18)8-11(15(9)2)10-6-4-3-5-7-10/h3-8H,1-2H3,(H,16,17). The van der Waals surface area contributed by atoms with Gasteiger partial charge in [-0.05, 0) is 18.6 Å². The van der Waals surface area contributed by atoms with Crippen LogP contribution in [0, 0.1) is 11.4 Å². The lowest BCUT2D eigenvalue weighted by Crippen LogP contribution is -2.10. The number of hydrogen-bond acceptors (Lipinski definition) is 2. The molecule has 2 aromatic rings. The first-order valence-electron chi connectivity index (χ1n) is 5.51. The zero-order valence-electron chi connectivity index (χ0n) is 10.2. The van der Waals surface area contributed by atoms with Crippen molar-refractivity contribution in [3.63, 3.8) is 0 Å². The Morgan fingerprint density at radius 1 is 1.28 bits per heavy atom. The van der Waals surface area contributed by atoms with Crippen LogP contribution >= 0.6 is 12.2 Å². The van der Waals surface area contributed by atoms with Crippen molar-refractivity contribution in [2.75, 3.05) is 0 Å². The Bertz CT molecular complexity index is 659. The molecule has 0 aliphatic heterocycles. The molecule has 0 saturated carbocycles. The summed E-state index contributed by atoms with van der Waals surface area (Å²) in [5.41, 5.74) is 2.80. The van der Waals surface area contributed by atoms with Crippen LogP contribution in [0.15, 0.2) is 36.4 Å². The summed E-state index contributed by atoms with van der Waals surface area (Å²) in [5.74, 6) is -0.979. The van der Waals surface area contributed by atoms with Crippen molar-refractivity contribution >= 4 is 18.2 Å². The highest BCUT2D eigenvalue weighted by Crippen LogP contribution is 2.22. The molecule has 92 valence electrons. The molecule has 1 aromatic heterocycles. The molecule has 0 atom stereocenters. The van der Waals surface area contributed by atoms with Crippen LogP contribution in [0.2, 0.25) is 0 Å². The highest BCUT2D eigenvalue weighted by molar-refractivity contribution is 7.71. The number of carboxylic acid groups (broad SMARTS) is 1. The minimum Gasteiger partial charge on any atom is -0.478 e. The molecule has 1 N–H and O–H groups in total. The average molecular weight is 259 g/mol. The molecular formula is C14H13NO2S. The second-order valence-electron chi connectivity index (χ2n) is 4.08. The maximum Gasteiger partial charge on any atom is 0.338 e. The summed E-state index contributed by atoms with van der Waals surface area (Å²) in [6.45, 7) is 1.77. The number of benzene rings is 1. The number of nitrogens with zero attached hydrogens (tertiary/aromatic N) is 1. The van der Waals surface area contributed by atoms with E-state index in [0.29, 0.717) is 10.2 Å². The third kappa shape index (κ3) is 2.07. The Morgan fingerprint density at radius 2 is 1.89 bits per heavy atom. The fourth-order valence-corrected chi connectivity index (χ4v) is 2.31. The zero-order chi connectivity index (χ0) is 13.3. The van der Waals surface area contributed by atoms with E-state index in [2.05, 4.69) is 0 Å². The maximum absolute atomic E-state index is 11.2. The van der Waals surface area contributed by atoms with E-state index in [1.54, 1.807) is 13.0 Å². The first-order chi connectivity index (χ1) is 8.52. The number of carbonyl (C=O) groups is 1. The molecule has 0 fully saturated rings. The predicted octanol–water partition coefficient (Wildman–Crippen LogP) is 3.43. The first kappa shape index (κ1) is 12.5. The van der Waals surface area contributed by atoms with Crippen LogP contribution in [0.25, 0.3) is 11.3 Å². The molecule has 0 radical (unpaired) electrons. The molecule has 4 heteroatoms. The van der Waals surface area contributed by atoms with Gasteiger partial charge in [0.15, 0.2) is 0 Å². The second kappa shape index (κ2) is 4.74. The summed E-state index contributed by atoms with van der Waals surface area (Å²) in [6.07, 6.45) is 0. The number of aromatic nitrogens is 1. The van der Waals surface area contributed by atoms with Crippen molar-refractivity contribution in [1.82, 2.24) is 4.57 Å². The largest absolute Gasteiger partial charge is 0.478 e. The van der Waals surface area contributed by atoms with Gasteiger partial charge in [0.2, 0.25) is 0 Å². The summed E-state index contributed by atoms with van der Waals surface area (Å²) >= 11 is 5.17. The molecule has 1 heterocycles. The van der Waals surface area contributed by atoms with Crippen molar-refractivity contribution in [1.29, 1.82) is 0 Å². The van der Waals surface area contributed by atoms with Gasteiger partial charge in [-0.3, -0.25) is 0 Å². The number of rotatable bonds is 2. The molecular weight excluding hydrogens is 246 g/mol. The van der Waals surface area contributed by atoms with Crippen LogP contribution in [0.3, 0.4) is 0 Å². The average Bonchev–Trinajstić information content (AvgIpc) is 2.34. The van der Waals surface area contributed by atoms with Crippen molar-refractivity contribution in [3.05, 3.63) is 52.2 Å². The van der Waals surface area contributed by atoms with Crippen molar-refractivity contribution in [2.45, 2.75) is 6.92 Å². The highest BCUT2D eigenvalue weighted by Gasteiger charge is 2.14. The summed E-state index contributed by atoms with van der Waals surface area (Å²) in [7, 11) is 1.85. The van der Waals surface area contributed by atoms with E-state index in [0.717, 1.165) is 11.3 Å². The van der Waals surface area contributed by atoms with E-state index in [9.17, 15) is 4.79 Å². The molecule has 0 amide bonds. The van der Waals surface area contributed by atoms with E-state index in [1.807, 2.05) is 41.9 Å². The topological polar surface area (TPSA) is 42.2 Å². The van der Waals surface area contributed by atoms with Gasteiger partial charge in [0.1, 0.15) is 0 Å². The first-order valence-corrected chi connectivity index (χ1v) is 5.92. The van der Waals surface area contributed by atoms with Gasteiger partial charge in [-0.25, -0.2) is 4.79 Å². The Labute approximate surface area is 110 Å². The monoisotopic (exact) mass is 259 g/mol. The number of aromatic carboxylic acids is 1. The van der Waals surface area contributed by atoms with Gasteiger partial charge in [0.25, 0.3) is 0 Å². The van der Waals surface area contributed by atoms with Gasteiger partial charge < -0.3 is 9.67 Å². The summed E-state index contributed by atoms with van der Waals surface area (Å²) < 4.78 is 2.23. The SMILES string of the molecule is Cc1c(C(=O)O)c(=S)cc(-c2ccccc2)n1C. The van der Waals surface area contributed by atoms with Crippen molar-refractivity contribution in [2.24, 2.45) is 7.05 Å². The lowest BCUT2D eigenvalue weighted by molar-refractivity contribution is 0.0694. The summed E-state index contributed by atoms with van der Waals surface area (Å²) in [5, 5.41) is 9.15. The fraction of sp³-hybridized carbons (Fsp3) is 0.143. The number of hydrogen-bond donors (Lipinski definition) is 1. The number of carboxylic acids is 1. The normalized spacial score (nSPS) is 10.3. The van der Waals surface area contributed by atoms with Crippen LogP contribution in [0.5, 0.6) is 0 Å². The maximum atomic E-state index is 11.2. The second-order valence-corrected chi connectivity index (χ2v) is 4.52. The van der Waals surface area contributed by atoms with E-state index < -0.39 is 5.97 Å². The van der Waals surface area contributed by atoms with Gasteiger partial charge in [-0.1, -0.05) is 42.5 Å². The lowest BCUT2D eigenvalue weighted by Gasteiger charge is -2.14. The van der Waals surface area contributed by atoms with E-state index >= 15 is 0 Å². The van der Waals surface area contributed by atoms with Crippen LogP contribution in [0.4, 0.5) is 0 Å². The van der Waals surface area contributed by atoms with Gasteiger partial charge >= 0.3 is 5.97 Å². The molecule has 0 aliphatic carbocycles. The van der Waals surface area contributed by atoms with Crippen LogP contribution < -0.4 is 0 Å². The van der Waals surface area contributed by atoms with Crippen LogP contribution in [-0.2, 0) is 7.05 Å². The fourth-order valence-electron chi connectivity index (χ4n) is 1.97. The van der Waals surface area contributed by atoms with E-state index in [-0.39, 0.29) is 5.56 Å². The third-order valence-electron chi connectivity index (χ3n) is 3.02. The minimum atomic E-state index is -0.979. The van der Waals surface area contributed by atoms with Gasteiger partial charge in [0, 0.05) is 18.4 Å². The number of pyridine rings is 1. The molecule has 1 aromatic carbocycles. The van der Waals surface area contributed by atoms with Gasteiger partial charge in [0.05, 0.1) is 10.1 Å². The smallest absolute Gasteiger partial charge is 0.338 e. The molecule has 0 spiro atoms. The Balaban J connectivity index is 2.74. The highest BCUT2D eigenvalue weighted by atomic mass is 32.1. The lowest BCUT2D eigenvalue weighted by atomic mass is 10.1. The minimum absolute atomic E-state index is 0.201. The molecule has 3 nitrogen and oxygen atoms in total. The van der Waals surface area contributed by atoms with Crippen molar-refractivity contribution in [3.8, 4) is 11.3 Å². The Morgan fingerprint density at radius 3 is 2.44 bits per heavy atom. The van der Waals surface area contributed by atoms with Crippen LogP contribution in [-0.4, -0.2) is 15.6 Å². The molecule has 0 bridgehead atoms. The third-order valence-corrected chi connectivity index (χ3v) is 3.35. The van der Waals surface area contributed by atoms with Crippen LogP contribution in [0.1, 0.15) is 16.1 Å². The van der Waals surface area contributed by atoms with Gasteiger partial charge in [-0.2, -0.15) is 0 Å². The zero-order valence-corrected chi connectivity index (χ0v) is 11.0. The molecule has 18 heavy (non-hydrogen) atoms. The summed E-state index contributed by atoms with van der Waals surface area (Å²) in [6, 6.07) is 11.5. The van der Waals surface area contributed by atoms with E-state index in [1.165, 1.54) is 0 Å².